The van der Waals surface area contributed by atoms with E-state index in [-0.39, 0.29) is 18.4 Å². The number of carboxylic acids is 1. The molecule has 1 aliphatic carbocycles. The molecule has 2 aromatic heterocycles. The zero-order chi connectivity index (χ0) is 23.7. The molecule has 0 aliphatic heterocycles. The van der Waals surface area contributed by atoms with E-state index in [0.29, 0.717) is 39.1 Å². The minimum Gasteiger partial charge on any atom is -0.481 e. The molecule has 34 heavy (non-hydrogen) atoms. The van der Waals surface area contributed by atoms with Gasteiger partial charge in [-0.2, -0.15) is 0 Å². The second kappa shape index (κ2) is 9.38. The molecule has 0 saturated heterocycles. The first-order valence-corrected chi connectivity index (χ1v) is 11.5. The van der Waals surface area contributed by atoms with Gasteiger partial charge >= 0.3 is 5.97 Å². The summed E-state index contributed by atoms with van der Waals surface area (Å²) in [6, 6.07) is 10.1. The first-order valence-electron chi connectivity index (χ1n) is 11.1. The largest absolute Gasteiger partial charge is 0.481 e. The van der Waals surface area contributed by atoms with Crippen LogP contribution in [0.5, 0.6) is 5.88 Å². The molecule has 0 unspecified atom stereocenters. The fourth-order valence-electron chi connectivity index (χ4n) is 4.37. The van der Waals surface area contributed by atoms with Gasteiger partial charge in [-0.1, -0.05) is 17.7 Å². The molecule has 1 fully saturated rings. The third kappa shape index (κ3) is 4.87. The second-order valence-electron chi connectivity index (χ2n) is 8.54. The van der Waals surface area contributed by atoms with Crippen LogP contribution in [0.25, 0.3) is 33.7 Å². The predicted molar refractivity (Wildman–Crippen MR) is 126 cm³/mol. The van der Waals surface area contributed by atoms with Gasteiger partial charge in [0.25, 0.3) is 0 Å². The van der Waals surface area contributed by atoms with Crippen molar-refractivity contribution in [2.45, 2.75) is 38.2 Å². The van der Waals surface area contributed by atoms with E-state index in [1.807, 2.05) is 0 Å². The van der Waals surface area contributed by atoms with Crippen molar-refractivity contribution in [3.63, 3.8) is 0 Å². The van der Waals surface area contributed by atoms with Crippen LogP contribution >= 0.6 is 11.6 Å². The molecular weight excluding hydrogens is 459 g/mol. The summed E-state index contributed by atoms with van der Waals surface area (Å²) in [5, 5.41) is 9.51. The lowest BCUT2D eigenvalue weighted by atomic mass is 9.85. The fourth-order valence-corrected chi connectivity index (χ4v) is 4.55. The summed E-state index contributed by atoms with van der Waals surface area (Å²) < 4.78 is 20.9. The fraction of sp³-hybridized carbons (Fsp3) is 0.280. The minimum absolute atomic E-state index is 0.000568. The predicted octanol–water partition coefficient (Wildman–Crippen LogP) is 5.89. The lowest BCUT2D eigenvalue weighted by molar-refractivity contribution is -0.138. The van der Waals surface area contributed by atoms with Crippen molar-refractivity contribution in [1.82, 2.24) is 19.9 Å². The summed E-state index contributed by atoms with van der Waals surface area (Å²) >= 11 is 6.02. The highest BCUT2D eigenvalue weighted by atomic mass is 35.5. The van der Waals surface area contributed by atoms with Gasteiger partial charge in [-0.15, -0.1) is 0 Å². The van der Waals surface area contributed by atoms with Gasteiger partial charge in [-0.25, -0.2) is 19.3 Å². The summed E-state index contributed by atoms with van der Waals surface area (Å²) in [6.07, 6.45) is 6.54. The summed E-state index contributed by atoms with van der Waals surface area (Å²) in [4.78, 5) is 27.1. The molecule has 2 heterocycles. The van der Waals surface area contributed by atoms with Crippen molar-refractivity contribution in [3.05, 3.63) is 59.6 Å². The standard InChI is InChI=1S/C25H22ClFN4O3/c26-16-4-8-20-21(11-16)31-25(30-20)18-7-3-15(10-19(18)27)22-12-29-23(13-28-22)34-17-5-1-14(2-6-17)9-24(32)33/h3-4,7-8,10-14,17H,1-2,5-6,9H2,(H,30,31)(H,32,33)/t14-,17+. The number of aromatic amines is 1. The van der Waals surface area contributed by atoms with Crippen LogP contribution in [0.15, 0.2) is 48.8 Å². The van der Waals surface area contributed by atoms with Crippen LogP contribution in [0.2, 0.25) is 5.02 Å². The van der Waals surface area contributed by atoms with Gasteiger partial charge in [0.05, 0.1) is 34.7 Å². The average Bonchev–Trinajstić information content (AvgIpc) is 3.23. The number of halogens is 2. The van der Waals surface area contributed by atoms with Crippen LogP contribution in [-0.2, 0) is 4.79 Å². The van der Waals surface area contributed by atoms with Crippen molar-refractivity contribution >= 4 is 28.6 Å². The lowest BCUT2D eigenvalue weighted by Gasteiger charge is -2.27. The van der Waals surface area contributed by atoms with Crippen LogP contribution < -0.4 is 4.74 Å². The van der Waals surface area contributed by atoms with Crippen molar-refractivity contribution in [3.8, 4) is 28.5 Å². The molecule has 5 rings (SSSR count). The maximum Gasteiger partial charge on any atom is 0.303 e. The minimum atomic E-state index is -0.752. The number of nitrogens with zero attached hydrogens (tertiary/aromatic N) is 3. The van der Waals surface area contributed by atoms with E-state index in [2.05, 4.69) is 19.9 Å². The van der Waals surface area contributed by atoms with E-state index >= 15 is 0 Å². The van der Waals surface area contributed by atoms with E-state index < -0.39 is 11.8 Å². The van der Waals surface area contributed by atoms with E-state index in [1.165, 1.54) is 12.3 Å². The van der Waals surface area contributed by atoms with E-state index in [9.17, 15) is 9.18 Å². The Kier molecular flexibility index (Phi) is 6.15. The molecule has 2 N–H and O–H groups in total. The topological polar surface area (TPSA) is 101 Å². The Balaban J connectivity index is 1.26. The van der Waals surface area contributed by atoms with Crippen molar-refractivity contribution < 1.29 is 19.0 Å². The van der Waals surface area contributed by atoms with Crippen LogP contribution in [-0.4, -0.2) is 37.1 Å². The monoisotopic (exact) mass is 480 g/mol. The molecular formula is C25H22ClFN4O3. The Hall–Kier alpha value is -3.52. The van der Waals surface area contributed by atoms with Gasteiger partial charge < -0.3 is 14.8 Å². The third-order valence-electron chi connectivity index (χ3n) is 6.14. The third-order valence-corrected chi connectivity index (χ3v) is 6.37. The highest BCUT2D eigenvalue weighted by molar-refractivity contribution is 6.31. The second-order valence-corrected chi connectivity index (χ2v) is 8.98. The number of rotatable bonds is 6. The van der Waals surface area contributed by atoms with E-state index in [1.54, 1.807) is 36.5 Å². The number of fused-ring (bicyclic) bond motifs is 1. The quantitative estimate of drug-likeness (QED) is 0.356. The lowest BCUT2D eigenvalue weighted by Crippen LogP contribution is -2.25. The number of benzene rings is 2. The van der Waals surface area contributed by atoms with Gasteiger partial charge in [0, 0.05) is 17.0 Å². The summed E-state index contributed by atoms with van der Waals surface area (Å²) in [5.74, 6) is -0.139. The zero-order valence-corrected chi connectivity index (χ0v) is 18.9. The van der Waals surface area contributed by atoms with E-state index in [0.717, 1.165) is 31.2 Å². The van der Waals surface area contributed by atoms with Gasteiger partial charge in [0.15, 0.2) is 0 Å². The molecule has 7 nitrogen and oxygen atoms in total. The molecule has 1 saturated carbocycles. The number of ether oxygens (including phenoxy) is 1. The zero-order valence-electron chi connectivity index (χ0n) is 18.2. The number of imidazole rings is 1. The highest BCUT2D eigenvalue weighted by Gasteiger charge is 2.24. The first-order chi connectivity index (χ1) is 16.4. The Morgan fingerprint density at radius 3 is 2.65 bits per heavy atom. The molecule has 1 aliphatic rings. The molecule has 2 aromatic carbocycles. The number of hydrogen-bond acceptors (Lipinski definition) is 5. The summed E-state index contributed by atoms with van der Waals surface area (Å²) in [5.41, 5.74) is 2.91. The normalized spacial score (nSPS) is 18.2. The number of aliphatic carboxylic acids is 1. The number of carbonyl (C=O) groups is 1. The highest BCUT2D eigenvalue weighted by Crippen LogP contribution is 2.30. The van der Waals surface area contributed by atoms with Gasteiger partial charge in [-0.3, -0.25) is 4.79 Å². The Bertz CT molecular complexity index is 1330. The van der Waals surface area contributed by atoms with Crippen molar-refractivity contribution in [2.75, 3.05) is 0 Å². The Morgan fingerprint density at radius 1 is 1.12 bits per heavy atom. The molecule has 0 atom stereocenters. The van der Waals surface area contributed by atoms with E-state index in [4.69, 9.17) is 21.4 Å². The molecule has 0 radical (unpaired) electrons. The number of H-pyrrole nitrogens is 1. The van der Waals surface area contributed by atoms with Gasteiger partial charge in [-0.05, 0) is 61.9 Å². The smallest absolute Gasteiger partial charge is 0.303 e. The number of nitrogens with one attached hydrogen (secondary N) is 1. The van der Waals surface area contributed by atoms with Crippen LogP contribution in [0, 0.1) is 11.7 Å². The van der Waals surface area contributed by atoms with Crippen LogP contribution in [0.4, 0.5) is 4.39 Å². The number of aromatic nitrogens is 4. The molecule has 0 amide bonds. The molecule has 174 valence electrons. The summed E-state index contributed by atoms with van der Waals surface area (Å²) in [7, 11) is 0. The SMILES string of the molecule is O=C(O)C[C@H]1CC[C@@H](Oc2cnc(-c3ccc(-c4nc5ccc(Cl)cc5[nH]4)c(F)c3)cn2)CC1. The Morgan fingerprint density at radius 2 is 1.94 bits per heavy atom. The van der Waals surface area contributed by atoms with Gasteiger partial charge in [0.1, 0.15) is 17.7 Å². The molecule has 4 aromatic rings. The molecule has 9 heteroatoms. The van der Waals surface area contributed by atoms with Gasteiger partial charge in [0.2, 0.25) is 5.88 Å². The summed E-state index contributed by atoms with van der Waals surface area (Å²) in [6.45, 7) is 0. The number of hydrogen-bond donors (Lipinski definition) is 2. The van der Waals surface area contributed by atoms with Crippen molar-refractivity contribution in [2.24, 2.45) is 5.92 Å². The molecule has 0 spiro atoms. The van der Waals surface area contributed by atoms with Crippen molar-refractivity contribution in [1.29, 1.82) is 0 Å². The average molecular weight is 481 g/mol. The maximum atomic E-state index is 14.9. The van der Waals surface area contributed by atoms with Crippen LogP contribution in [0.3, 0.4) is 0 Å². The number of carboxylic acid groups (broad SMARTS) is 1. The Labute approximate surface area is 200 Å². The van der Waals surface area contributed by atoms with Crippen LogP contribution in [0.1, 0.15) is 32.1 Å². The maximum absolute atomic E-state index is 14.9. The molecule has 0 bridgehead atoms. The first kappa shape index (κ1) is 22.3.